The van der Waals surface area contributed by atoms with Crippen LogP contribution in [0.5, 0.6) is 0 Å². The first-order valence-corrected chi connectivity index (χ1v) is 5.87. The third kappa shape index (κ3) is 3.30. The monoisotopic (exact) mass is 222 g/mol. The molecule has 0 aliphatic carbocycles. The molecular weight excluding hydrogens is 200 g/mol. The molecule has 4 N–H and O–H groups in total. The van der Waals surface area contributed by atoms with Crippen LogP contribution < -0.4 is 5.73 Å². The summed E-state index contributed by atoms with van der Waals surface area (Å²) < 4.78 is 0. The van der Waals surface area contributed by atoms with Crippen LogP contribution in [0.4, 0.5) is 0 Å². The highest BCUT2D eigenvalue weighted by molar-refractivity contribution is 5.19. The summed E-state index contributed by atoms with van der Waals surface area (Å²) in [6.45, 7) is 4.25. The molecule has 1 aromatic rings. The highest BCUT2D eigenvalue weighted by Crippen LogP contribution is 2.27. The molecule has 1 aliphatic heterocycles. The number of piperidine rings is 1. The fourth-order valence-corrected chi connectivity index (χ4v) is 2.40. The fraction of sp³-hybridized carbons (Fsp3) is 0.538. The van der Waals surface area contributed by atoms with Gasteiger partial charge in [-0.25, -0.2) is 0 Å². The van der Waals surface area contributed by atoms with E-state index in [0.29, 0.717) is 0 Å². The quantitative estimate of drug-likeness (QED) is 0.829. The lowest BCUT2D eigenvalue weighted by Gasteiger charge is -2.31. The first-order chi connectivity index (χ1) is 7.40. The summed E-state index contributed by atoms with van der Waals surface area (Å²) in [7, 11) is 0. The summed E-state index contributed by atoms with van der Waals surface area (Å²) in [5.74, 6) is 0.764. The van der Waals surface area contributed by atoms with E-state index in [4.69, 9.17) is 5.73 Å². The highest BCUT2D eigenvalue weighted by atomic mass is 16.0. The molecule has 3 nitrogen and oxygen atoms in total. The van der Waals surface area contributed by atoms with Crippen molar-refractivity contribution in [1.82, 2.24) is 4.90 Å². The maximum Gasteiger partial charge on any atom is 0.0105 e. The molecule has 1 saturated heterocycles. The van der Waals surface area contributed by atoms with Gasteiger partial charge in [0.15, 0.2) is 0 Å². The van der Waals surface area contributed by atoms with E-state index in [-0.39, 0.29) is 5.48 Å². The highest BCUT2D eigenvalue weighted by Gasteiger charge is 2.19. The average Bonchev–Trinajstić information content (AvgIpc) is 2.32. The lowest BCUT2D eigenvalue weighted by molar-refractivity contribution is 0.218. The Bertz CT molecular complexity index is 281. The SMILES string of the molecule is NCCN1CCC(c2ccccc2)CC1.O. The molecule has 1 aliphatic rings. The van der Waals surface area contributed by atoms with Gasteiger partial charge < -0.3 is 16.1 Å². The molecular formula is C13H22N2O. The smallest absolute Gasteiger partial charge is 0.0105 e. The van der Waals surface area contributed by atoms with Crippen molar-refractivity contribution in [3.63, 3.8) is 0 Å². The molecule has 0 aromatic heterocycles. The number of hydrogen-bond donors (Lipinski definition) is 1. The molecule has 3 heteroatoms. The van der Waals surface area contributed by atoms with E-state index in [1.807, 2.05) is 0 Å². The summed E-state index contributed by atoms with van der Waals surface area (Å²) in [6.07, 6.45) is 2.56. The third-order valence-electron chi connectivity index (χ3n) is 3.30. The van der Waals surface area contributed by atoms with Crippen LogP contribution in [-0.4, -0.2) is 36.6 Å². The normalized spacial score (nSPS) is 18.1. The Morgan fingerprint density at radius 1 is 1.12 bits per heavy atom. The van der Waals surface area contributed by atoms with Gasteiger partial charge in [0.1, 0.15) is 0 Å². The van der Waals surface area contributed by atoms with Gasteiger partial charge in [-0.2, -0.15) is 0 Å². The van der Waals surface area contributed by atoms with E-state index in [9.17, 15) is 0 Å². The Balaban J connectivity index is 0.00000128. The van der Waals surface area contributed by atoms with Crippen LogP contribution >= 0.6 is 0 Å². The van der Waals surface area contributed by atoms with Crippen molar-refractivity contribution in [2.45, 2.75) is 18.8 Å². The van der Waals surface area contributed by atoms with Crippen LogP contribution in [0.3, 0.4) is 0 Å². The molecule has 0 bridgehead atoms. The van der Waals surface area contributed by atoms with Gasteiger partial charge in [-0.15, -0.1) is 0 Å². The number of hydrogen-bond acceptors (Lipinski definition) is 2. The van der Waals surface area contributed by atoms with Gasteiger partial charge >= 0.3 is 0 Å². The van der Waals surface area contributed by atoms with Crippen molar-refractivity contribution in [2.24, 2.45) is 5.73 Å². The second-order valence-electron chi connectivity index (χ2n) is 4.32. The lowest BCUT2D eigenvalue weighted by Crippen LogP contribution is -2.36. The summed E-state index contributed by atoms with van der Waals surface area (Å²) in [4.78, 5) is 2.47. The lowest BCUT2D eigenvalue weighted by atomic mass is 9.89. The number of nitrogens with two attached hydrogens (primary N) is 1. The Labute approximate surface area is 97.6 Å². The maximum absolute atomic E-state index is 5.56. The Morgan fingerprint density at radius 3 is 2.31 bits per heavy atom. The van der Waals surface area contributed by atoms with Gasteiger partial charge in [-0.3, -0.25) is 0 Å². The van der Waals surface area contributed by atoms with Gasteiger partial charge in [0.2, 0.25) is 0 Å². The molecule has 1 fully saturated rings. The van der Waals surface area contributed by atoms with Crippen LogP contribution in [0.25, 0.3) is 0 Å². The number of nitrogens with zero attached hydrogens (tertiary/aromatic N) is 1. The fourth-order valence-electron chi connectivity index (χ4n) is 2.40. The Hall–Kier alpha value is -0.900. The summed E-state index contributed by atoms with van der Waals surface area (Å²) >= 11 is 0. The zero-order valence-electron chi connectivity index (χ0n) is 9.73. The Kier molecular flexibility index (Phi) is 5.46. The topological polar surface area (TPSA) is 60.8 Å². The molecule has 1 aromatic carbocycles. The van der Waals surface area contributed by atoms with E-state index in [1.165, 1.54) is 31.5 Å². The number of rotatable bonds is 3. The molecule has 0 amide bonds. The Morgan fingerprint density at radius 2 is 1.75 bits per heavy atom. The molecule has 0 saturated carbocycles. The van der Waals surface area contributed by atoms with E-state index in [0.717, 1.165) is 19.0 Å². The molecule has 90 valence electrons. The van der Waals surface area contributed by atoms with Crippen molar-refractivity contribution in [3.8, 4) is 0 Å². The second kappa shape index (κ2) is 6.63. The number of benzene rings is 1. The van der Waals surface area contributed by atoms with E-state index < -0.39 is 0 Å². The van der Waals surface area contributed by atoms with E-state index >= 15 is 0 Å². The minimum atomic E-state index is 0. The number of likely N-dealkylation sites (tertiary alicyclic amines) is 1. The molecule has 2 rings (SSSR count). The van der Waals surface area contributed by atoms with E-state index in [2.05, 4.69) is 35.2 Å². The largest absolute Gasteiger partial charge is 0.412 e. The van der Waals surface area contributed by atoms with Crippen LogP contribution in [0.15, 0.2) is 30.3 Å². The van der Waals surface area contributed by atoms with Gasteiger partial charge in [-0.05, 0) is 37.4 Å². The van der Waals surface area contributed by atoms with Crippen LogP contribution in [0, 0.1) is 0 Å². The van der Waals surface area contributed by atoms with Gasteiger partial charge in [0, 0.05) is 13.1 Å². The van der Waals surface area contributed by atoms with Crippen molar-refractivity contribution >= 4 is 0 Å². The van der Waals surface area contributed by atoms with Crippen molar-refractivity contribution in [1.29, 1.82) is 0 Å². The van der Waals surface area contributed by atoms with Crippen LogP contribution in [-0.2, 0) is 0 Å². The third-order valence-corrected chi connectivity index (χ3v) is 3.30. The summed E-state index contributed by atoms with van der Waals surface area (Å²) in [5, 5.41) is 0. The maximum atomic E-state index is 5.56. The van der Waals surface area contributed by atoms with Crippen molar-refractivity contribution in [3.05, 3.63) is 35.9 Å². The molecule has 0 atom stereocenters. The molecule has 16 heavy (non-hydrogen) atoms. The van der Waals surface area contributed by atoms with Gasteiger partial charge in [0.05, 0.1) is 0 Å². The zero-order chi connectivity index (χ0) is 10.5. The minimum absolute atomic E-state index is 0. The van der Waals surface area contributed by atoms with Crippen LogP contribution in [0.1, 0.15) is 24.3 Å². The minimum Gasteiger partial charge on any atom is -0.412 e. The van der Waals surface area contributed by atoms with Gasteiger partial charge in [0.25, 0.3) is 0 Å². The summed E-state index contributed by atoms with van der Waals surface area (Å²) in [5.41, 5.74) is 7.07. The molecule has 0 unspecified atom stereocenters. The second-order valence-corrected chi connectivity index (χ2v) is 4.32. The van der Waals surface area contributed by atoms with E-state index in [1.54, 1.807) is 0 Å². The average molecular weight is 222 g/mol. The molecule has 1 heterocycles. The van der Waals surface area contributed by atoms with Crippen molar-refractivity contribution < 1.29 is 5.48 Å². The molecule has 0 spiro atoms. The van der Waals surface area contributed by atoms with Crippen LogP contribution in [0.2, 0.25) is 0 Å². The van der Waals surface area contributed by atoms with Crippen molar-refractivity contribution in [2.75, 3.05) is 26.2 Å². The zero-order valence-corrected chi connectivity index (χ0v) is 9.73. The predicted octanol–water partition coefficient (Wildman–Crippen LogP) is 1.000. The summed E-state index contributed by atoms with van der Waals surface area (Å²) in [6, 6.07) is 10.9. The predicted molar refractivity (Wildman–Crippen MR) is 67.5 cm³/mol. The van der Waals surface area contributed by atoms with Gasteiger partial charge in [-0.1, -0.05) is 30.3 Å². The molecule has 0 radical (unpaired) electrons. The standard InChI is InChI=1S/C13H20N2.H2O/c14-8-11-15-9-6-13(7-10-15)12-4-2-1-3-5-12;/h1-5,13H,6-11,14H2;1H2. The first kappa shape index (κ1) is 13.2. The first-order valence-electron chi connectivity index (χ1n) is 5.87.